The van der Waals surface area contributed by atoms with E-state index >= 15 is 0 Å². The normalized spacial score (nSPS) is 16.5. The van der Waals surface area contributed by atoms with Crippen LogP contribution in [-0.4, -0.2) is 38.3 Å². The van der Waals surface area contributed by atoms with Crippen LogP contribution in [-0.2, 0) is 11.3 Å². The minimum atomic E-state index is -0.108. The predicted octanol–water partition coefficient (Wildman–Crippen LogP) is 1.77. The van der Waals surface area contributed by atoms with Gasteiger partial charge in [-0.2, -0.15) is 5.10 Å². The van der Waals surface area contributed by atoms with Crippen LogP contribution < -0.4 is 10.6 Å². The van der Waals surface area contributed by atoms with E-state index in [1.807, 2.05) is 18.3 Å². The third kappa shape index (κ3) is 4.88. The van der Waals surface area contributed by atoms with Crippen LogP contribution in [0.2, 0.25) is 0 Å². The van der Waals surface area contributed by atoms with Crippen LogP contribution in [0.5, 0.6) is 0 Å². The maximum atomic E-state index is 12.0. The first-order chi connectivity index (χ1) is 9.81. The molecule has 1 amide bonds. The Kier molecular flexibility index (Phi) is 7.67. The number of nitrogens with zero attached hydrogens (tertiary/aromatic N) is 3. The molecule has 120 valence electrons. The summed E-state index contributed by atoms with van der Waals surface area (Å²) in [5, 5.41) is 10.3. The lowest BCUT2D eigenvalue weighted by Crippen LogP contribution is -2.37. The van der Waals surface area contributed by atoms with E-state index in [-0.39, 0.29) is 36.8 Å². The van der Waals surface area contributed by atoms with Crippen molar-refractivity contribution in [2.45, 2.75) is 12.6 Å². The van der Waals surface area contributed by atoms with E-state index in [1.54, 1.807) is 35.0 Å². The average molecular weight is 362 g/mol. The van der Waals surface area contributed by atoms with Crippen LogP contribution in [0.25, 0.3) is 0 Å². The second-order valence-electron chi connectivity index (χ2n) is 4.54. The molecule has 1 fully saturated rings. The summed E-state index contributed by atoms with van der Waals surface area (Å²) in [5.74, 6) is 1.65. The first-order valence-corrected chi connectivity index (χ1v) is 7.50. The maximum Gasteiger partial charge on any atom is 0.242 e. The number of hydrogen-bond acceptors (Lipinski definition) is 5. The minimum Gasteiger partial charge on any atom is -0.322 e. The summed E-state index contributed by atoms with van der Waals surface area (Å²) in [7, 11) is 0. The molecular formula is C13H17Cl2N5OS. The second-order valence-corrected chi connectivity index (χ2v) is 5.57. The average Bonchev–Trinajstić information content (AvgIpc) is 3.11. The molecule has 1 unspecified atom stereocenters. The molecule has 6 nitrogen and oxygen atoms in total. The van der Waals surface area contributed by atoms with Crippen molar-refractivity contribution in [1.29, 1.82) is 0 Å². The molecule has 0 aliphatic carbocycles. The molecule has 0 spiro atoms. The number of hydrogen-bond donors (Lipinski definition) is 2. The summed E-state index contributed by atoms with van der Waals surface area (Å²) in [6.07, 6.45) is 7.01. The van der Waals surface area contributed by atoms with E-state index in [2.05, 4.69) is 20.7 Å². The molecule has 0 bridgehead atoms. The van der Waals surface area contributed by atoms with E-state index < -0.39 is 0 Å². The van der Waals surface area contributed by atoms with Gasteiger partial charge in [0.15, 0.2) is 0 Å². The molecule has 22 heavy (non-hydrogen) atoms. The molecule has 1 aliphatic rings. The van der Waals surface area contributed by atoms with E-state index in [1.165, 1.54) is 0 Å². The standard InChI is InChI=1S/C13H15N5OS.2ClH/c19-13(12-8-20-9-15-12)17-11-5-16-18(7-11)6-10-1-3-14-4-2-10;;/h1-5,7,12,15H,6,8-9H2,(H,17,19);2*1H. The smallest absolute Gasteiger partial charge is 0.242 e. The lowest BCUT2D eigenvalue weighted by atomic mass is 10.3. The highest BCUT2D eigenvalue weighted by atomic mass is 35.5. The van der Waals surface area contributed by atoms with Crippen molar-refractivity contribution in [3.8, 4) is 0 Å². The molecule has 1 atom stereocenters. The molecule has 1 aliphatic heterocycles. The second kappa shape index (κ2) is 8.99. The van der Waals surface area contributed by atoms with Gasteiger partial charge in [-0.05, 0) is 17.7 Å². The minimum absolute atomic E-state index is 0. The number of amides is 1. The molecule has 0 radical (unpaired) electrons. The number of aromatic nitrogens is 3. The molecule has 2 aromatic heterocycles. The van der Waals surface area contributed by atoms with Gasteiger partial charge in [0, 0.05) is 30.2 Å². The Morgan fingerprint density at radius 1 is 1.41 bits per heavy atom. The van der Waals surface area contributed by atoms with Crippen molar-refractivity contribution < 1.29 is 4.79 Å². The van der Waals surface area contributed by atoms with Crippen LogP contribution in [0.3, 0.4) is 0 Å². The first kappa shape index (κ1) is 18.8. The van der Waals surface area contributed by atoms with Crippen LogP contribution in [0, 0.1) is 0 Å². The number of thioether (sulfide) groups is 1. The Morgan fingerprint density at radius 2 is 2.18 bits per heavy atom. The third-order valence-electron chi connectivity index (χ3n) is 3.03. The SMILES string of the molecule is Cl.Cl.O=C(Nc1cnn(Cc2ccncc2)c1)C1CSCN1. The summed E-state index contributed by atoms with van der Waals surface area (Å²) in [5.41, 5.74) is 1.84. The number of anilines is 1. The van der Waals surface area contributed by atoms with Gasteiger partial charge in [-0.1, -0.05) is 0 Å². The number of halogens is 2. The van der Waals surface area contributed by atoms with Gasteiger partial charge in [0.2, 0.25) is 5.91 Å². The molecular weight excluding hydrogens is 345 g/mol. The summed E-state index contributed by atoms with van der Waals surface area (Å²) in [6, 6.07) is 3.78. The van der Waals surface area contributed by atoms with Gasteiger partial charge in [-0.25, -0.2) is 0 Å². The summed E-state index contributed by atoms with van der Waals surface area (Å²) in [6.45, 7) is 0.663. The summed E-state index contributed by atoms with van der Waals surface area (Å²) in [4.78, 5) is 15.9. The fourth-order valence-electron chi connectivity index (χ4n) is 1.98. The molecule has 1 saturated heterocycles. The lowest BCUT2D eigenvalue weighted by Gasteiger charge is -2.08. The third-order valence-corrected chi connectivity index (χ3v) is 3.97. The molecule has 0 saturated carbocycles. The molecule has 0 aromatic carbocycles. The predicted molar refractivity (Wildman–Crippen MR) is 92.9 cm³/mol. The fraction of sp³-hybridized carbons (Fsp3) is 0.308. The fourth-order valence-corrected chi connectivity index (χ4v) is 2.92. The van der Waals surface area contributed by atoms with Crippen molar-refractivity contribution in [3.63, 3.8) is 0 Å². The van der Waals surface area contributed by atoms with Crippen LogP contribution in [0.4, 0.5) is 5.69 Å². The van der Waals surface area contributed by atoms with Gasteiger partial charge < -0.3 is 5.32 Å². The van der Waals surface area contributed by atoms with E-state index in [4.69, 9.17) is 0 Å². The Hall–Kier alpha value is -1.28. The van der Waals surface area contributed by atoms with Crippen molar-refractivity contribution >= 4 is 48.2 Å². The molecule has 2 aromatic rings. The summed E-state index contributed by atoms with van der Waals surface area (Å²) >= 11 is 1.73. The van der Waals surface area contributed by atoms with E-state index in [0.717, 1.165) is 22.9 Å². The summed E-state index contributed by atoms with van der Waals surface area (Å²) < 4.78 is 1.79. The number of pyridine rings is 1. The Bertz CT molecular complexity index is 589. The molecule has 9 heteroatoms. The van der Waals surface area contributed by atoms with Crippen molar-refractivity contribution in [2.75, 3.05) is 16.9 Å². The van der Waals surface area contributed by atoms with Gasteiger partial charge >= 0.3 is 0 Å². The van der Waals surface area contributed by atoms with Crippen molar-refractivity contribution in [2.24, 2.45) is 0 Å². The number of nitrogens with one attached hydrogen (secondary N) is 2. The lowest BCUT2D eigenvalue weighted by molar-refractivity contribution is -0.117. The maximum absolute atomic E-state index is 12.0. The van der Waals surface area contributed by atoms with E-state index in [0.29, 0.717) is 6.54 Å². The zero-order chi connectivity index (χ0) is 13.8. The molecule has 3 rings (SSSR count). The first-order valence-electron chi connectivity index (χ1n) is 6.34. The highest BCUT2D eigenvalue weighted by Gasteiger charge is 2.22. The van der Waals surface area contributed by atoms with Crippen molar-refractivity contribution in [1.82, 2.24) is 20.1 Å². The Balaban J connectivity index is 0.00000121. The number of carbonyl (C=O) groups excluding carboxylic acids is 1. The number of rotatable bonds is 4. The van der Waals surface area contributed by atoms with Gasteiger partial charge in [0.05, 0.1) is 24.5 Å². The topological polar surface area (TPSA) is 71.8 Å². The van der Waals surface area contributed by atoms with Crippen LogP contribution in [0.1, 0.15) is 5.56 Å². The van der Waals surface area contributed by atoms with Gasteiger partial charge in [-0.3, -0.25) is 19.8 Å². The highest BCUT2D eigenvalue weighted by Crippen LogP contribution is 2.13. The highest BCUT2D eigenvalue weighted by molar-refractivity contribution is 7.99. The quantitative estimate of drug-likeness (QED) is 0.868. The van der Waals surface area contributed by atoms with Crippen molar-refractivity contribution in [3.05, 3.63) is 42.5 Å². The van der Waals surface area contributed by atoms with Crippen LogP contribution in [0.15, 0.2) is 36.9 Å². The van der Waals surface area contributed by atoms with Gasteiger partial charge in [0.25, 0.3) is 0 Å². The zero-order valence-electron chi connectivity index (χ0n) is 11.6. The number of carbonyl (C=O) groups is 1. The monoisotopic (exact) mass is 361 g/mol. The van der Waals surface area contributed by atoms with E-state index in [9.17, 15) is 4.79 Å². The van der Waals surface area contributed by atoms with Crippen LogP contribution >= 0.6 is 36.6 Å². The Morgan fingerprint density at radius 3 is 2.86 bits per heavy atom. The molecule has 2 N–H and O–H groups in total. The van der Waals surface area contributed by atoms with Gasteiger partial charge in [-0.15, -0.1) is 36.6 Å². The van der Waals surface area contributed by atoms with Gasteiger partial charge in [0.1, 0.15) is 0 Å². The Labute approximate surface area is 145 Å². The largest absolute Gasteiger partial charge is 0.322 e. The zero-order valence-corrected chi connectivity index (χ0v) is 14.1. The molecule has 3 heterocycles.